The summed E-state index contributed by atoms with van der Waals surface area (Å²) >= 11 is 0. The number of aromatic nitrogens is 4. The van der Waals surface area contributed by atoms with E-state index in [1.165, 1.54) is 27.4 Å². The lowest BCUT2D eigenvalue weighted by atomic mass is 9.97. The first-order valence-electron chi connectivity index (χ1n) is 23.2. The summed E-state index contributed by atoms with van der Waals surface area (Å²) in [6.45, 7) is 0. The zero-order valence-corrected chi connectivity index (χ0v) is 37.0. The van der Waals surface area contributed by atoms with E-state index in [9.17, 15) is 0 Å². The molecule has 322 valence electrons. The summed E-state index contributed by atoms with van der Waals surface area (Å²) in [5, 5.41) is 6.53. The molecule has 10 aromatic carbocycles. The maximum atomic E-state index is 6.55. The molecule has 4 aromatic heterocycles. The highest BCUT2D eigenvalue weighted by molar-refractivity contribution is 6.13. The molecule has 0 spiro atoms. The molecule has 14 aromatic rings. The van der Waals surface area contributed by atoms with Gasteiger partial charge in [0.15, 0.2) is 17.5 Å². The van der Waals surface area contributed by atoms with Crippen molar-refractivity contribution < 1.29 is 8.83 Å². The van der Waals surface area contributed by atoms with E-state index in [1.54, 1.807) is 0 Å². The van der Waals surface area contributed by atoms with Crippen molar-refractivity contribution in [2.45, 2.75) is 0 Å². The number of hydrogen-bond acceptors (Lipinski definition) is 5. The van der Waals surface area contributed by atoms with E-state index in [-0.39, 0.29) is 0 Å². The van der Waals surface area contributed by atoms with Crippen LogP contribution in [0.2, 0.25) is 0 Å². The van der Waals surface area contributed by atoms with Crippen LogP contribution in [-0.4, -0.2) is 19.5 Å². The molecule has 0 amide bonds. The molecule has 0 saturated heterocycles. The minimum atomic E-state index is 0.552. The van der Waals surface area contributed by atoms with Crippen LogP contribution in [0.25, 0.3) is 139 Å². The minimum Gasteiger partial charge on any atom is -0.456 e. The molecule has 0 radical (unpaired) electrons. The Morgan fingerprint density at radius 2 is 0.783 bits per heavy atom. The lowest BCUT2D eigenvalue weighted by molar-refractivity contribution is 0.668. The maximum absolute atomic E-state index is 6.55. The fourth-order valence-corrected chi connectivity index (χ4v) is 10.1. The number of para-hydroxylation sites is 3. The largest absolute Gasteiger partial charge is 0.456 e. The van der Waals surface area contributed by atoms with Gasteiger partial charge in [0, 0.05) is 54.7 Å². The van der Waals surface area contributed by atoms with Crippen molar-refractivity contribution in [3.8, 4) is 73.2 Å². The zero-order chi connectivity index (χ0) is 45.4. The van der Waals surface area contributed by atoms with Crippen molar-refractivity contribution in [3.05, 3.63) is 231 Å². The summed E-state index contributed by atoms with van der Waals surface area (Å²) in [6.07, 6.45) is 0. The Balaban J connectivity index is 0.864. The van der Waals surface area contributed by atoms with Crippen molar-refractivity contribution in [2.75, 3.05) is 0 Å². The molecule has 14 rings (SSSR count). The highest BCUT2D eigenvalue weighted by Crippen LogP contribution is 2.40. The Kier molecular flexibility index (Phi) is 8.79. The third-order valence-corrected chi connectivity index (χ3v) is 13.5. The number of furan rings is 2. The van der Waals surface area contributed by atoms with E-state index < -0.39 is 0 Å². The number of rotatable bonds is 7. The van der Waals surface area contributed by atoms with Gasteiger partial charge in [0.25, 0.3) is 0 Å². The maximum Gasteiger partial charge on any atom is 0.164 e. The Labute approximate surface area is 396 Å². The molecule has 0 unspecified atom stereocenters. The van der Waals surface area contributed by atoms with Gasteiger partial charge in [-0.15, -0.1) is 0 Å². The monoisotopic (exact) mass is 882 g/mol. The third-order valence-electron chi connectivity index (χ3n) is 13.5. The highest BCUT2D eigenvalue weighted by Gasteiger charge is 2.20. The van der Waals surface area contributed by atoms with Crippen molar-refractivity contribution in [3.63, 3.8) is 0 Å². The molecular formula is C63H38N4O2. The zero-order valence-electron chi connectivity index (χ0n) is 37.0. The average Bonchev–Trinajstić information content (AvgIpc) is 4.10. The quantitative estimate of drug-likeness (QED) is 0.159. The average molecular weight is 883 g/mol. The molecule has 6 heteroatoms. The molecule has 0 aliphatic carbocycles. The lowest BCUT2D eigenvalue weighted by Crippen LogP contribution is -2.00. The van der Waals surface area contributed by atoms with Crippen LogP contribution < -0.4 is 0 Å². The van der Waals surface area contributed by atoms with E-state index in [0.29, 0.717) is 17.5 Å². The van der Waals surface area contributed by atoms with E-state index in [4.69, 9.17) is 23.8 Å². The number of fused-ring (bicyclic) bond motifs is 9. The molecule has 0 atom stereocenters. The van der Waals surface area contributed by atoms with Gasteiger partial charge in [0.1, 0.15) is 22.3 Å². The van der Waals surface area contributed by atoms with E-state index in [0.717, 1.165) is 94.1 Å². The van der Waals surface area contributed by atoms with Crippen LogP contribution in [-0.2, 0) is 0 Å². The summed E-state index contributed by atoms with van der Waals surface area (Å²) in [6, 6.07) is 80.6. The van der Waals surface area contributed by atoms with Crippen LogP contribution in [0.3, 0.4) is 0 Å². The standard InChI is InChI=1S/C63H38N4O2/c1-3-12-39(13-4-1)40-26-28-43(29-27-40)61-64-62(46-30-33-50-49-17-8-10-20-56(49)69-59(50)38-46)66-63(65-61)51-18-11-21-58-60(51)53-37-45(32-35-57(53)68-58)42-24-22-41(23-25-42)44-31-34-55-52(36-44)48-16-7-9-19-54(48)67(55)47-14-5-2-6-15-47/h1-38H. The molecule has 0 saturated carbocycles. The first kappa shape index (κ1) is 38.8. The van der Waals surface area contributed by atoms with E-state index in [2.05, 4.69) is 193 Å². The summed E-state index contributed by atoms with van der Waals surface area (Å²) in [5.74, 6) is 1.68. The van der Waals surface area contributed by atoms with Gasteiger partial charge in [-0.2, -0.15) is 0 Å². The van der Waals surface area contributed by atoms with E-state index in [1.807, 2.05) is 42.5 Å². The summed E-state index contributed by atoms with van der Waals surface area (Å²) in [5.41, 5.74) is 16.1. The Bertz CT molecular complexity index is 4280. The lowest BCUT2D eigenvalue weighted by Gasteiger charge is -2.10. The Morgan fingerprint density at radius 3 is 1.57 bits per heavy atom. The Hall–Kier alpha value is -9.39. The number of benzene rings is 10. The predicted molar refractivity (Wildman–Crippen MR) is 281 cm³/mol. The topological polar surface area (TPSA) is 69.9 Å². The van der Waals surface area contributed by atoms with Crippen LogP contribution in [0.5, 0.6) is 0 Å². The molecule has 0 aliphatic rings. The second kappa shape index (κ2) is 15.6. The van der Waals surface area contributed by atoms with Crippen molar-refractivity contribution >= 4 is 65.7 Å². The van der Waals surface area contributed by atoms with Gasteiger partial charge in [-0.3, -0.25) is 0 Å². The first-order valence-corrected chi connectivity index (χ1v) is 23.2. The van der Waals surface area contributed by atoms with Gasteiger partial charge in [-0.25, -0.2) is 15.0 Å². The Morgan fingerprint density at radius 1 is 0.275 bits per heavy atom. The van der Waals surface area contributed by atoms with Gasteiger partial charge < -0.3 is 13.4 Å². The predicted octanol–water partition coefficient (Wildman–Crippen LogP) is 16.8. The summed E-state index contributed by atoms with van der Waals surface area (Å²) in [7, 11) is 0. The summed E-state index contributed by atoms with van der Waals surface area (Å²) in [4.78, 5) is 15.6. The molecule has 0 bridgehead atoms. The van der Waals surface area contributed by atoms with Crippen LogP contribution in [0, 0.1) is 0 Å². The van der Waals surface area contributed by atoms with Crippen LogP contribution in [0.4, 0.5) is 0 Å². The van der Waals surface area contributed by atoms with Gasteiger partial charge in [-0.05, 0) is 100 Å². The van der Waals surface area contributed by atoms with Gasteiger partial charge in [-0.1, -0.05) is 164 Å². The van der Waals surface area contributed by atoms with Crippen LogP contribution in [0.1, 0.15) is 0 Å². The normalized spacial score (nSPS) is 11.8. The minimum absolute atomic E-state index is 0.552. The smallest absolute Gasteiger partial charge is 0.164 e. The second-order valence-electron chi connectivity index (χ2n) is 17.5. The molecule has 0 N–H and O–H groups in total. The van der Waals surface area contributed by atoms with Crippen LogP contribution >= 0.6 is 0 Å². The molecular weight excluding hydrogens is 845 g/mol. The fraction of sp³-hybridized carbons (Fsp3) is 0. The molecule has 69 heavy (non-hydrogen) atoms. The number of hydrogen-bond donors (Lipinski definition) is 0. The molecule has 0 fully saturated rings. The number of nitrogens with zero attached hydrogens (tertiary/aromatic N) is 4. The van der Waals surface area contributed by atoms with Gasteiger partial charge in [0.05, 0.1) is 11.0 Å². The second-order valence-corrected chi connectivity index (χ2v) is 17.5. The fourth-order valence-electron chi connectivity index (χ4n) is 10.1. The van der Waals surface area contributed by atoms with Gasteiger partial charge >= 0.3 is 0 Å². The van der Waals surface area contributed by atoms with Crippen molar-refractivity contribution in [1.82, 2.24) is 19.5 Å². The van der Waals surface area contributed by atoms with Crippen molar-refractivity contribution in [2.24, 2.45) is 0 Å². The van der Waals surface area contributed by atoms with E-state index >= 15 is 0 Å². The van der Waals surface area contributed by atoms with Gasteiger partial charge in [0.2, 0.25) is 0 Å². The third kappa shape index (κ3) is 6.53. The highest BCUT2D eigenvalue weighted by atomic mass is 16.3. The van der Waals surface area contributed by atoms with Crippen LogP contribution in [0.15, 0.2) is 239 Å². The molecule has 4 heterocycles. The first-order chi connectivity index (χ1) is 34.2. The van der Waals surface area contributed by atoms with Crippen molar-refractivity contribution in [1.29, 1.82) is 0 Å². The molecule has 6 nitrogen and oxygen atoms in total. The summed E-state index contributed by atoms with van der Waals surface area (Å²) < 4.78 is 15.2. The SMILES string of the molecule is c1ccc(-c2ccc(-c3nc(-c4ccc5c(c4)oc4ccccc45)nc(-c4cccc5oc6ccc(-c7ccc(-c8ccc9c(c8)c8ccccc8n9-c8ccccc8)cc7)cc6c45)n3)cc2)cc1. The molecule has 0 aliphatic heterocycles.